The maximum Gasteiger partial charge on any atom is 0.230 e. The molecule has 8 heteroatoms. The van der Waals surface area contributed by atoms with Crippen LogP contribution in [0, 0.1) is 0 Å². The molecule has 1 heterocycles. The normalized spacial score (nSPS) is 23.9. The van der Waals surface area contributed by atoms with Crippen molar-refractivity contribution in [1.82, 2.24) is 5.32 Å². The number of anilines is 1. The van der Waals surface area contributed by atoms with Gasteiger partial charge in [-0.05, 0) is 31.5 Å². The molecule has 0 aliphatic carbocycles. The molecule has 2 rings (SSSR count). The van der Waals surface area contributed by atoms with Crippen LogP contribution in [-0.4, -0.2) is 37.1 Å². The van der Waals surface area contributed by atoms with Crippen molar-refractivity contribution in [3.05, 3.63) is 22.7 Å². The summed E-state index contributed by atoms with van der Waals surface area (Å²) in [6, 6.07) is 5.47. The van der Waals surface area contributed by atoms with Crippen LogP contribution in [-0.2, 0) is 14.6 Å². The molecule has 1 saturated heterocycles. The summed E-state index contributed by atoms with van der Waals surface area (Å²) in [6.45, 7) is 1.77. The Morgan fingerprint density at radius 1 is 1.52 bits per heavy atom. The van der Waals surface area contributed by atoms with Crippen molar-refractivity contribution in [2.75, 3.05) is 23.0 Å². The van der Waals surface area contributed by atoms with Crippen LogP contribution in [0.15, 0.2) is 27.6 Å². The molecule has 1 aromatic carbocycles. The predicted molar refractivity (Wildman–Crippen MR) is 89.1 cm³/mol. The van der Waals surface area contributed by atoms with Gasteiger partial charge in [-0.2, -0.15) is 0 Å². The van der Waals surface area contributed by atoms with E-state index < -0.39 is 15.4 Å². The van der Waals surface area contributed by atoms with Crippen LogP contribution in [0.1, 0.15) is 13.3 Å². The summed E-state index contributed by atoms with van der Waals surface area (Å²) < 4.78 is 23.9. The second-order valence-electron chi connectivity index (χ2n) is 5.42. The fraction of sp³-hybridized carbons (Fsp3) is 0.462. The molecule has 1 aliphatic rings. The van der Waals surface area contributed by atoms with Crippen molar-refractivity contribution in [3.63, 3.8) is 0 Å². The third kappa shape index (κ3) is 4.62. The SMILES string of the molecule is CC1(NC(=O)CSc2cc(Br)ccc2N)CCS(=O)(=O)C1. The van der Waals surface area contributed by atoms with Gasteiger partial charge in [0, 0.05) is 15.1 Å². The lowest BCUT2D eigenvalue weighted by molar-refractivity contribution is -0.120. The molecule has 3 N–H and O–H groups in total. The Morgan fingerprint density at radius 3 is 2.86 bits per heavy atom. The standard InChI is InChI=1S/C13H17BrN2O3S2/c1-13(4-5-21(18,19)8-13)16-12(17)7-20-11-6-9(14)2-3-10(11)15/h2-3,6H,4-5,7-8,15H2,1H3,(H,16,17). The predicted octanol–water partition coefficient (Wildman–Crippen LogP) is 1.82. The lowest BCUT2D eigenvalue weighted by atomic mass is 10.0. The first-order valence-corrected chi connectivity index (χ1v) is 9.98. The van der Waals surface area contributed by atoms with Gasteiger partial charge in [0.05, 0.1) is 22.8 Å². The Balaban J connectivity index is 1.92. The molecule has 0 aromatic heterocycles. The van der Waals surface area contributed by atoms with Gasteiger partial charge in [0.2, 0.25) is 5.91 Å². The number of sulfone groups is 1. The third-order valence-electron chi connectivity index (χ3n) is 3.28. The lowest BCUT2D eigenvalue weighted by Crippen LogP contribution is -2.47. The Morgan fingerprint density at radius 2 is 2.24 bits per heavy atom. The van der Waals surface area contributed by atoms with Gasteiger partial charge >= 0.3 is 0 Å². The summed E-state index contributed by atoms with van der Waals surface area (Å²) in [5.74, 6) is 0.167. The highest BCUT2D eigenvalue weighted by Gasteiger charge is 2.39. The number of hydrogen-bond donors (Lipinski definition) is 2. The largest absolute Gasteiger partial charge is 0.398 e. The van der Waals surface area contributed by atoms with E-state index in [1.807, 2.05) is 12.1 Å². The zero-order valence-electron chi connectivity index (χ0n) is 11.6. The molecule has 1 amide bonds. The molecule has 0 radical (unpaired) electrons. The number of carbonyl (C=O) groups excluding carboxylic acids is 1. The van der Waals surface area contributed by atoms with Crippen molar-refractivity contribution in [2.24, 2.45) is 0 Å². The quantitative estimate of drug-likeness (QED) is 0.602. The Hall–Kier alpha value is -0.730. The summed E-state index contributed by atoms with van der Waals surface area (Å²) in [5.41, 5.74) is 5.81. The minimum Gasteiger partial charge on any atom is -0.398 e. The van der Waals surface area contributed by atoms with Gasteiger partial charge < -0.3 is 11.1 Å². The van der Waals surface area contributed by atoms with E-state index in [0.717, 1.165) is 9.37 Å². The maximum absolute atomic E-state index is 12.0. The number of thioether (sulfide) groups is 1. The third-order valence-corrected chi connectivity index (χ3v) is 6.75. The van der Waals surface area contributed by atoms with Gasteiger partial charge in [0.15, 0.2) is 9.84 Å². The van der Waals surface area contributed by atoms with E-state index in [9.17, 15) is 13.2 Å². The molecular formula is C13H17BrN2O3S2. The summed E-state index contributed by atoms with van der Waals surface area (Å²) in [7, 11) is -3.03. The van der Waals surface area contributed by atoms with E-state index in [1.165, 1.54) is 11.8 Å². The van der Waals surface area contributed by atoms with E-state index in [1.54, 1.807) is 13.0 Å². The fourth-order valence-electron chi connectivity index (χ4n) is 2.26. The second-order valence-corrected chi connectivity index (χ2v) is 9.54. The van der Waals surface area contributed by atoms with Crippen LogP contribution >= 0.6 is 27.7 Å². The van der Waals surface area contributed by atoms with E-state index >= 15 is 0 Å². The maximum atomic E-state index is 12.0. The topological polar surface area (TPSA) is 89.3 Å². The number of amides is 1. The van der Waals surface area contributed by atoms with Crippen molar-refractivity contribution in [3.8, 4) is 0 Å². The number of rotatable bonds is 4. The van der Waals surface area contributed by atoms with Gasteiger partial charge in [-0.15, -0.1) is 11.8 Å². The molecule has 0 bridgehead atoms. The molecule has 21 heavy (non-hydrogen) atoms. The van der Waals surface area contributed by atoms with Crippen LogP contribution in [0.5, 0.6) is 0 Å². The molecule has 1 fully saturated rings. The van der Waals surface area contributed by atoms with Gasteiger partial charge in [0.1, 0.15) is 0 Å². The number of carbonyl (C=O) groups is 1. The lowest BCUT2D eigenvalue weighted by Gasteiger charge is -2.23. The van der Waals surface area contributed by atoms with Crippen LogP contribution < -0.4 is 11.1 Å². The summed E-state index contributed by atoms with van der Waals surface area (Å²) in [6.07, 6.45) is 0.463. The first kappa shape index (κ1) is 16.6. The van der Waals surface area contributed by atoms with E-state index in [-0.39, 0.29) is 23.2 Å². The average molecular weight is 393 g/mol. The van der Waals surface area contributed by atoms with Gasteiger partial charge in [-0.3, -0.25) is 4.79 Å². The Labute approximate surface area is 137 Å². The number of hydrogen-bond acceptors (Lipinski definition) is 5. The molecule has 1 unspecified atom stereocenters. The molecule has 0 saturated carbocycles. The molecular weight excluding hydrogens is 376 g/mol. The first-order valence-electron chi connectivity index (χ1n) is 6.38. The van der Waals surface area contributed by atoms with Crippen molar-refractivity contribution in [1.29, 1.82) is 0 Å². The minimum atomic E-state index is -3.03. The number of nitrogens with one attached hydrogen (secondary N) is 1. The summed E-state index contributed by atoms with van der Waals surface area (Å²) in [4.78, 5) is 12.8. The second kappa shape index (κ2) is 6.18. The Kier molecular flexibility index (Phi) is 4.89. The summed E-state index contributed by atoms with van der Waals surface area (Å²) in [5, 5.41) is 2.82. The van der Waals surface area contributed by atoms with Crippen LogP contribution in [0.4, 0.5) is 5.69 Å². The monoisotopic (exact) mass is 392 g/mol. The zero-order chi connectivity index (χ0) is 15.7. The van der Waals surface area contributed by atoms with Crippen LogP contribution in [0.25, 0.3) is 0 Å². The van der Waals surface area contributed by atoms with Crippen LogP contribution in [0.2, 0.25) is 0 Å². The van der Waals surface area contributed by atoms with Gasteiger partial charge in [-0.25, -0.2) is 8.42 Å². The molecule has 1 aliphatic heterocycles. The highest BCUT2D eigenvalue weighted by molar-refractivity contribution is 9.10. The highest BCUT2D eigenvalue weighted by atomic mass is 79.9. The minimum absolute atomic E-state index is 0.00936. The zero-order valence-corrected chi connectivity index (χ0v) is 14.8. The van der Waals surface area contributed by atoms with Crippen molar-refractivity contribution >= 4 is 49.1 Å². The van der Waals surface area contributed by atoms with E-state index in [4.69, 9.17) is 5.73 Å². The smallest absolute Gasteiger partial charge is 0.230 e. The molecule has 5 nitrogen and oxygen atoms in total. The van der Waals surface area contributed by atoms with Gasteiger partial charge in [0.25, 0.3) is 0 Å². The van der Waals surface area contributed by atoms with Crippen molar-refractivity contribution in [2.45, 2.75) is 23.8 Å². The number of nitrogen functional groups attached to an aromatic ring is 1. The number of nitrogens with two attached hydrogens (primary N) is 1. The first-order chi connectivity index (χ1) is 9.69. The number of halogens is 1. The molecule has 1 aromatic rings. The van der Waals surface area contributed by atoms with Gasteiger partial charge in [-0.1, -0.05) is 15.9 Å². The Bertz CT molecular complexity index is 663. The molecule has 0 spiro atoms. The summed E-state index contributed by atoms with van der Waals surface area (Å²) >= 11 is 4.69. The molecule has 1 atom stereocenters. The van der Waals surface area contributed by atoms with Crippen LogP contribution in [0.3, 0.4) is 0 Å². The molecule has 116 valence electrons. The highest BCUT2D eigenvalue weighted by Crippen LogP contribution is 2.28. The van der Waals surface area contributed by atoms with E-state index in [2.05, 4.69) is 21.2 Å². The number of benzene rings is 1. The van der Waals surface area contributed by atoms with Crippen molar-refractivity contribution < 1.29 is 13.2 Å². The van der Waals surface area contributed by atoms with E-state index in [0.29, 0.717) is 12.1 Å². The average Bonchev–Trinajstić information content (AvgIpc) is 2.64. The fourth-order valence-corrected chi connectivity index (χ4v) is 5.67.